The molecule has 0 amide bonds. The zero-order valence-corrected chi connectivity index (χ0v) is 29.6. The number of thioether (sulfide) groups is 1. The average molecular weight is 572 g/mol. The molecule has 1 aliphatic rings. The van der Waals surface area contributed by atoms with Crippen LogP contribution in [0.5, 0.6) is 0 Å². The molecule has 0 fully saturated rings. The number of benzene rings is 1. The lowest BCUT2D eigenvalue weighted by Crippen LogP contribution is -2.02. The Morgan fingerprint density at radius 3 is 1.18 bits per heavy atom. The third kappa shape index (κ3) is 24.4. The van der Waals surface area contributed by atoms with E-state index in [4.69, 9.17) is 4.74 Å². The summed E-state index contributed by atoms with van der Waals surface area (Å²) >= 11 is 1.88. The highest BCUT2D eigenvalue weighted by molar-refractivity contribution is 8.03. The van der Waals surface area contributed by atoms with Crippen LogP contribution in [-0.2, 0) is 4.74 Å². The number of pyridine rings is 1. The van der Waals surface area contributed by atoms with Crippen molar-refractivity contribution in [3.05, 3.63) is 99.4 Å². The molecule has 3 heterocycles. The Morgan fingerprint density at radius 2 is 0.925 bits per heavy atom. The van der Waals surface area contributed by atoms with Crippen molar-refractivity contribution in [2.24, 2.45) is 0 Å². The van der Waals surface area contributed by atoms with E-state index < -0.39 is 0 Å². The SMILES string of the molecule is CC.CC.CC.CC.CC1=C(C)SCCO1.Cc1ccccc1C.Cc1cccnc1C.Cc1nccnc1C. The number of hydrogen-bond donors (Lipinski definition) is 0. The van der Waals surface area contributed by atoms with Crippen molar-refractivity contribution in [3.8, 4) is 0 Å². The molecule has 2 aromatic heterocycles. The fourth-order valence-corrected chi connectivity index (χ4v) is 3.03. The van der Waals surface area contributed by atoms with E-state index in [0.717, 1.165) is 35.2 Å². The smallest absolute Gasteiger partial charge is 0.102 e. The van der Waals surface area contributed by atoms with Crippen molar-refractivity contribution >= 4 is 11.8 Å². The van der Waals surface area contributed by atoms with Gasteiger partial charge in [-0.3, -0.25) is 15.0 Å². The molecule has 4 nitrogen and oxygen atoms in total. The Labute approximate surface area is 253 Å². The molecule has 0 bridgehead atoms. The molecular weight excluding hydrogens is 510 g/mol. The summed E-state index contributed by atoms with van der Waals surface area (Å²) in [5.41, 5.74) is 7.13. The van der Waals surface area contributed by atoms with Crippen molar-refractivity contribution in [1.82, 2.24) is 15.0 Å². The number of nitrogens with zero attached hydrogens (tertiary/aromatic N) is 3. The van der Waals surface area contributed by atoms with Gasteiger partial charge in [0.15, 0.2) is 0 Å². The number of ether oxygens (including phenoxy) is 1. The van der Waals surface area contributed by atoms with Gasteiger partial charge in [-0.15, -0.1) is 11.8 Å². The fourth-order valence-electron chi connectivity index (χ4n) is 2.30. The predicted octanol–water partition coefficient (Wildman–Crippen LogP) is 11.2. The molecule has 40 heavy (non-hydrogen) atoms. The standard InChI is InChI=1S/C8H10.C7H9N.C6H8N2.C6H10OS.4C2H6/c1-7-5-3-4-6-8(7)2;1-6-4-3-5-8-7(6)2;2*1-5-6(2)8-4-3-7-5;4*1-2/h3-6H,1-2H3;3-5H,1-2H3;3-4H,1-2H3;3-4H2,1-2H3;4*1-2H3. The second-order valence-corrected chi connectivity index (χ2v) is 8.84. The van der Waals surface area contributed by atoms with Crippen LogP contribution in [0, 0.1) is 41.5 Å². The summed E-state index contributed by atoms with van der Waals surface area (Å²) in [6, 6.07) is 12.4. The lowest BCUT2D eigenvalue weighted by molar-refractivity contribution is 0.229. The molecule has 1 aliphatic heterocycles. The van der Waals surface area contributed by atoms with Gasteiger partial charge in [0, 0.05) is 34.9 Å². The van der Waals surface area contributed by atoms with Crippen molar-refractivity contribution in [3.63, 3.8) is 0 Å². The van der Waals surface area contributed by atoms with Gasteiger partial charge in [-0.1, -0.05) is 85.7 Å². The van der Waals surface area contributed by atoms with Crippen LogP contribution in [0.25, 0.3) is 0 Å². The minimum atomic E-state index is 0.883. The van der Waals surface area contributed by atoms with Crippen LogP contribution in [0.1, 0.15) is 103 Å². The minimum absolute atomic E-state index is 0.883. The molecular formula is C35H61N3OS. The third-order valence-electron chi connectivity index (χ3n) is 5.04. The minimum Gasteiger partial charge on any atom is -0.497 e. The van der Waals surface area contributed by atoms with E-state index in [1.807, 2.05) is 107 Å². The van der Waals surface area contributed by atoms with Crippen molar-refractivity contribution in [1.29, 1.82) is 0 Å². The van der Waals surface area contributed by atoms with Crippen LogP contribution in [0.4, 0.5) is 0 Å². The van der Waals surface area contributed by atoms with Crippen LogP contribution >= 0.6 is 11.8 Å². The maximum absolute atomic E-state index is 5.25. The van der Waals surface area contributed by atoms with Crippen molar-refractivity contribution in [2.45, 2.75) is 111 Å². The van der Waals surface area contributed by atoms with Gasteiger partial charge in [-0.05, 0) is 78.1 Å². The molecule has 1 aromatic carbocycles. The summed E-state index contributed by atoms with van der Waals surface area (Å²) in [6.07, 6.45) is 5.20. The van der Waals surface area contributed by atoms with Crippen LogP contribution in [-0.4, -0.2) is 27.3 Å². The molecule has 228 valence electrons. The van der Waals surface area contributed by atoms with Gasteiger partial charge in [0.05, 0.1) is 18.0 Å². The van der Waals surface area contributed by atoms with E-state index >= 15 is 0 Å². The summed E-state index contributed by atoms with van der Waals surface area (Å²) in [5.74, 6) is 2.21. The molecule has 0 spiro atoms. The van der Waals surface area contributed by atoms with Crippen LogP contribution < -0.4 is 0 Å². The first kappa shape index (κ1) is 44.4. The van der Waals surface area contributed by atoms with Gasteiger partial charge < -0.3 is 4.74 Å². The van der Waals surface area contributed by atoms with Crippen LogP contribution in [0.3, 0.4) is 0 Å². The zero-order chi connectivity index (χ0) is 31.9. The molecule has 0 radical (unpaired) electrons. The molecule has 0 atom stereocenters. The number of rotatable bonds is 0. The molecule has 5 heteroatoms. The quantitative estimate of drug-likeness (QED) is 0.268. The van der Waals surface area contributed by atoms with Crippen molar-refractivity contribution < 1.29 is 4.74 Å². The van der Waals surface area contributed by atoms with Gasteiger partial charge in [0.1, 0.15) is 5.76 Å². The highest BCUT2D eigenvalue weighted by Crippen LogP contribution is 2.23. The lowest BCUT2D eigenvalue weighted by Gasteiger charge is -2.14. The normalized spacial score (nSPS) is 10.3. The summed E-state index contributed by atoms with van der Waals surface area (Å²) in [7, 11) is 0. The first-order valence-electron chi connectivity index (χ1n) is 14.8. The van der Waals surface area contributed by atoms with Gasteiger partial charge in [-0.2, -0.15) is 0 Å². The Morgan fingerprint density at radius 1 is 0.525 bits per heavy atom. The second kappa shape index (κ2) is 32.6. The van der Waals surface area contributed by atoms with E-state index in [1.54, 1.807) is 12.4 Å². The van der Waals surface area contributed by atoms with E-state index in [-0.39, 0.29) is 0 Å². The molecule has 0 saturated carbocycles. The Balaban J connectivity index is -0.000000199. The van der Waals surface area contributed by atoms with E-state index in [2.05, 4.69) is 73.0 Å². The zero-order valence-electron chi connectivity index (χ0n) is 28.8. The predicted molar refractivity (Wildman–Crippen MR) is 183 cm³/mol. The van der Waals surface area contributed by atoms with Crippen molar-refractivity contribution in [2.75, 3.05) is 12.4 Å². The summed E-state index contributed by atoms with van der Waals surface area (Å²) in [4.78, 5) is 13.4. The van der Waals surface area contributed by atoms with E-state index in [9.17, 15) is 0 Å². The summed E-state index contributed by atoms with van der Waals surface area (Å²) in [6.45, 7) is 33.2. The van der Waals surface area contributed by atoms with E-state index in [1.165, 1.54) is 21.6 Å². The number of hydrogen-bond acceptors (Lipinski definition) is 5. The fraction of sp³-hybridized carbons (Fsp3) is 0.514. The third-order valence-corrected chi connectivity index (χ3v) is 6.13. The van der Waals surface area contributed by atoms with Crippen LogP contribution in [0.15, 0.2) is 65.7 Å². The highest BCUT2D eigenvalue weighted by atomic mass is 32.2. The summed E-state index contributed by atoms with van der Waals surface area (Å²) in [5, 5.41) is 0. The van der Waals surface area contributed by atoms with Gasteiger partial charge >= 0.3 is 0 Å². The monoisotopic (exact) mass is 571 g/mol. The molecule has 0 saturated heterocycles. The first-order chi connectivity index (χ1) is 19.2. The highest BCUT2D eigenvalue weighted by Gasteiger charge is 2.04. The average Bonchev–Trinajstić information content (AvgIpc) is 3.00. The van der Waals surface area contributed by atoms with Gasteiger partial charge in [0.25, 0.3) is 0 Å². The molecule has 0 unspecified atom stereocenters. The topological polar surface area (TPSA) is 47.9 Å². The number of aryl methyl sites for hydroxylation is 6. The molecule has 4 rings (SSSR count). The number of allylic oxidation sites excluding steroid dienone is 2. The lowest BCUT2D eigenvalue weighted by atomic mass is 10.1. The van der Waals surface area contributed by atoms with Gasteiger partial charge in [0.2, 0.25) is 0 Å². The van der Waals surface area contributed by atoms with Crippen LogP contribution in [0.2, 0.25) is 0 Å². The number of aromatic nitrogens is 3. The molecule has 3 aromatic rings. The maximum Gasteiger partial charge on any atom is 0.102 e. The molecule has 0 aliphatic carbocycles. The Bertz CT molecular complexity index is 807. The Kier molecular flexibility index (Phi) is 36.1. The largest absolute Gasteiger partial charge is 0.497 e. The maximum atomic E-state index is 5.25. The Hall–Kier alpha value is -2.66. The first-order valence-corrected chi connectivity index (χ1v) is 15.8. The molecule has 0 N–H and O–H groups in total. The summed E-state index contributed by atoms with van der Waals surface area (Å²) < 4.78 is 5.25. The van der Waals surface area contributed by atoms with E-state index in [0.29, 0.717) is 0 Å². The van der Waals surface area contributed by atoms with Gasteiger partial charge in [-0.25, -0.2) is 0 Å². The second-order valence-electron chi connectivity index (χ2n) is 7.53.